The van der Waals surface area contributed by atoms with Crippen molar-refractivity contribution in [1.82, 2.24) is 4.98 Å². The van der Waals surface area contributed by atoms with E-state index >= 15 is 0 Å². The van der Waals surface area contributed by atoms with Crippen molar-refractivity contribution in [2.75, 3.05) is 13.7 Å². The van der Waals surface area contributed by atoms with Gasteiger partial charge in [-0.2, -0.15) is 0 Å². The lowest BCUT2D eigenvalue weighted by Crippen LogP contribution is -2.15. The maximum atomic E-state index is 12.4. The number of benzene rings is 2. The van der Waals surface area contributed by atoms with Crippen LogP contribution in [0.3, 0.4) is 0 Å². The second-order valence-corrected chi connectivity index (χ2v) is 5.56. The van der Waals surface area contributed by atoms with Gasteiger partial charge in [0.1, 0.15) is 5.75 Å². The first-order valence-corrected chi connectivity index (χ1v) is 7.79. The van der Waals surface area contributed by atoms with Crippen molar-refractivity contribution in [3.8, 4) is 5.75 Å². The fourth-order valence-electron chi connectivity index (χ4n) is 2.57. The van der Waals surface area contributed by atoms with Gasteiger partial charge in [0.2, 0.25) is 0 Å². The van der Waals surface area contributed by atoms with Crippen LogP contribution >= 0.6 is 0 Å². The van der Waals surface area contributed by atoms with Crippen LogP contribution in [0.15, 0.2) is 54.6 Å². The molecule has 5 heteroatoms. The number of para-hydroxylation sites is 1. The number of hydrogen-bond donors (Lipinski definition) is 0. The maximum absolute atomic E-state index is 12.4. The molecule has 126 valence electrons. The van der Waals surface area contributed by atoms with Gasteiger partial charge in [-0.15, -0.1) is 0 Å². The summed E-state index contributed by atoms with van der Waals surface area (Å²) in [4.78, 5) is 29.1. The highest BCUT2D eigenvalue weighted by molar-refractivity contribution is 6.05. The quantitative estimate of drug-likeness (QED) is 0.526. The summed E-state index contributed by atoms with van der Waals surface area (Å²) in [7, 11) is 1.53. The number of hydrogen-bond acceptors (Lipinski definition) is 5. The fourth-order valence-corrected chi connectivity index (χ4v) is 2.57. The van der Waals surface area contributed by atoms with E-state index in [2.05, 4.69) is 4.98 Å². The van der Waals surface area contributed by atoms with Crippen molar-refractivity contribution in [3.63, 3.8) is 0 Å². The fraction of sp³-hybridized carbons (Fsp3) is 0.150. The Balaban J connectivity index is 1.78. The Morgan fingerprint density at radius 2 is 1.84 bits per heavy atom. The summed E-state index contributed by atoms with van der Waals surface area (Å²) in [5.41, 5.74) is 2.27. The zero-order valence-electron chi connectivity index (χ0n) is 14.0. The lowest BCUT2D eigenvalue weighted by molar-refractivity contribution is 0.0476. The number of esters is 1. The van der Waals surface area contributed by atoms with Gasteiger partial charge in [0.05, 0.1) is 18.2 Å². The van der Waals surface area contributed by atoms with Crippen LogP contribution in [0.1, 0.15) is 26.4 Å². The van der Waals surface area contributed by atoms with Crippen LogP contribution in [0.2, 0.25) is 0 Å². The number of methoxy groups -OCH3 is 1. The number of nitrogens with zero attached hydrogens (tertiary/aromatic N) is 1. The molecular weight excluding hydrogens is 318 g/mol. The molecule has 0 saturated carbocycles. The third-order valence-electron chi connectivity index (χ3n) is 3.79. The van der Waals surface area contributed by atoms with E-state index in [1.165, 1.54) is 7.11 Å². The molecule has 1 aromatic heterocycles. The Kier molecular flexibility index (Phi) is 4.75. The molecular formula is C20H17NO4. The number of aryl methyl sites for hydroxylation is 1. The van der Waals surface area contributed by atoms with E-state index in [0.29, 0.717) is 33.5 Å². The Morgan fingerprint density at radius 1 is 1.04 bits per heavy atom. The number of pyridine rings is 1. The van der Waals surface area contributed by atoms with E-state index in [-0.39, 0.29) is 12.4 Å². The minimum atomic E-state index is -0.544. The number of ketones is 1. The van der Waals surface area contributed by atoms with Crippen LogP contribution < -0.4 is 4.74 Å². The van der Waals surface area contributed by atoms with Gasteiger partial charge in [0.25, 0.3) is 0 Å². The van der Waals surface area contributed by atoms with Crippen molar-refractivity contribution in [2.45, 2.75) is 6.92 Å². The molecule has 0 unspecified atom stereocenters. The summed E-state index contributed by atoms with van der Waals surface area (Å²) in [5.74, 6) is -0.256. The van der Waals surface area contributed by atoms with Gasteiger partial charge in [-0.25, -0.2) is 4.79 Å². The lowest BCUT2D eigenvalue weighted by Gasteiger charge is -2.08. The highest BCUT2D eigenvalue weighted by Gasteiger charge is 2.16. The summed E-state index contributed by atoms with van der Waals surface area (Å²) in [6.45, 7) is 1.48. The van der Waals surface area contributed by atoms with E-state index in [1.807, 2.05) is 31.2 Å². The van der Waals surface area contributed by atoms with Crippen molar-refractivity contribution in [3.05, 3.63) is 71.4 Å². The first-order valence-electron chi connectivity index (χ1n) is 7.79. The molecule has 0 bridgehead atoms. The van der Waals surface area contributed by atoms with Crippen molar-refractivity contribution < 1.29 is 19.1 Å². The summed E-state index contributed by atoms with van der Waals surface area (Å²) in [6.07, 6.45) is 0. The van der Waals surface area contributed by atoms with Crippen LogP contribution in [0.5, 0.6) is 5.75 Å². The lowest BCUT2D eigenvalue weighted by atomic mass is 10.1. The predicted octanol–water partition coefficient (Wildman–Crippen LogP) is 3.59. The summed E-state index contributed by atoms with van der Waals surface area (Å²) in [6, 6.07) is 15.7. The Hall–Kier alpha value is -3.21. The molecule has 0 saturated heterocycles. The molecule has 5 nitrogen and oxygen atoms in total. The Bertz CT molecular complexity index is 949. The van der Waals surface area contributed by atoms with Gasteiger partial charge in [-0.05, 0) is 31.2 Å². The number of ether oxygens (including phenoxy) is 2. The number of rotatable bonds is 5. The van der Waals surface area contributed by atoms with Crippen LogP contribution in [0.4, 0.5) is 0 Å². The standard InChI is InChI=1S/C20H17NO4/c1-13-10-17(16-8-3-4-9-18(16)21-13)20(23)25-12-19(22)14-6-5-7-15(11-14)24-2/h3-11H,12H2,1-2H3. The molecule has 0 radical (unpaired) electrons. The van der Waals surface area contributed by atoms with Gasteiger partial charge in [-0.3, -0.25) is 9.78 Å². The van der Waals surface area contributed by atoms with Gasteiger partial charge >= 0.3 is 5.97 Å². The zero-order chi connectivity index (χ0) is 17.8. The highest BCUT2D eigenvalue weighted by atomic mass is 16.5. The van der Waals surface area contributed by atoms with E-state index < -0.39 is 5.97 Å². The SMILES string of the molecule is COc1cccc(C(=O)COC(=O)c2cc(C)nc3ccccc23)c1. The molecule has 0 aliphatic heterocycles. The van der Waals surface area contributed by atoms with Gasteiger partial charge in [0, 0.05) is 16.6 Å². The second-order valence-electron chi connectivity index (χ2n) is 5.56. The molecule has 0 N–H and O–H groups in total. The molecule has 25 heavy (non-hydrogen) atoms. The molecule has 0 atom stereocenters. The Labute approximate surface area is 145 Å². The number of aromatic nitrogens is 1. The van der Waals surface area contributed by atoms with E-state index in [4.69, 9.17) is 9.47 Å². The van der Waals surface area contributed by atoms with Crippen molar-refractivity contribution in [2.24, 2.45) is 0 Å². The number of fused-ring (bicyclic) bond motifs is 1. The van der Waals surface area contributed by atoms with Crippen LogP contribution in [0, 0.1) is 6.92 Å². The van der Waals surface area contributed by atoms with Crippen LogP contribution in [-0.4, -0.2) is 30.5 Å². The molecule has 3 aromatic rings. The molecule has 0 spiro atoms. The van der Waals surface area contributed by atoms with E-state index in [9.17, 15) is 9.59 Å². The Morgan fingerprint density at radius 3 is 2.64 bits per heavy atom. The third kappa shape index (κ3) is 3.66. The van der Waals surface area contributed by atoms with Gasteiger partial charge in [0.15, 0.2) is 12.4 Å². The van der Waals surface area contributed by atoms with Crippen LogP contribution in [0.25, 0.3) is 10.9 Å². The summed E-state index contributed by atoms with van der Waals surface area (Å²) >= 11 is 0. The highest BCUT2D eigenvalue weighted by Crippen LogP contribution is 2.19. The average Bonchev–Trinajstić information content (AvgIpc) is 2.65. The number of Topliss-reactive ketones (excluding diaryl/α,β-unsaturated/α-hetero) is 1. The second kappa shape index (κ2) is 7.13. The minimum Gasteiger partial charge on any atom is -0.497 e. The summed E-state index contributed by atoms with van der Waals surface area (Å²) < 4.78 is 10.3. The first kappa shape index (κ1) is 16.6. The molecule has 1 heterocycles. The normalized spacial score (nSPS) is 10.5. The number of carbonyl (C=O) groups excluding carboxylic acids is 2. The first-order chi connectivity index (χ1) is 12.1. The average molecular weight is 335 g/mol. The minimum absolute atomic E-state index is 0.290. The third-order valence-corrected chi connectivity index (χ3v) is 3.79. The smallest absolute Gasteiger partial charge is 0.339 e. The van der Waals surface area contributed by atoms with Gasteiger partial charge < -0.3 is 9.47 Å². The largest absolute Gasteiger partial charge is 0.497 e. The topological polar surface area (TPSA) is 65.5 Å². The molecule has 0 amide bonds. The molecule has 0 aliphatic rings. The van der Waals surface area contributed by atoms with Crippen LogP contribution in [-0.2, 0) is 4.74 Å². The van der Waals surface area contributed by atoms with Gasteiger partial charge in [-0.1, -0.05) is 30.3 Å². The van der Waals surface area contributed by atoms with Crippen molar-refractivity contribution in [1.29, 1.82) is 0 Å². The predicted molar refractivity (Wildman–Crippen MR) is 94.1 cm³/mol. The maximum Gasteiger partial charge on any atom is 0.339 e. The molecule has 0 aliphatic carbocycles. The molecule has 3 rings (SSSR count). The number of carbonyl (C=O) groups is 2. The molecule has 2 aromatic carbocycles. The van der Waals surface area contributed by atoms with E-state index in [0.717, 1.165) is 0 Å². The zero-order valence-corrected chi connectivity index (χ0v) is 14.0. The summed E-state index contributed by atoms with van der Waals surface area (Å²) in [5, 5.41) is 0.701. The molecule has 0 fully saturated rings. The monoisotopic (exact) mass is 335 g/mol. The van der Waals surface area contributed by atoms with E-state index in [1.54, 1.807) is 30.3 Å². The van der Waals surface area contributed by atoms with Crippen molar-refractivity contribution >= 4 is 22.7 Å².